The number of pyridine rings is 1. The Labute approximate surface area is 98.3 Å². The van der Waals surface area contributed by atoms with Gasteiger partial charge in [-0.15, -0.1) is 0 Å². The van der Waals surface area contributed by atoms with Crippen LogP contribution in [-0.4, -0.2) is 33.4 Å². The Morgan fingerprint density at radius 3 is 2.59 bits per heavy atom. The predicted molar refractivity (Wildman–Crippen MR) is 58.2 cm³/mol. The summed E-state index contributed by atoms with van der Waals surface area (Å²) in [4.78, 5) is 3.71. The van der Waals surface area contributed by atoms with Gasteiger partial charge in [0.2, 0.25) is 0 Å². The molecule has 0 bridgehead atoms. The van der Waals surface area contributed by atoms with Gasteiger partial charge in [0.1, 0.15) is 0 Å². The van der Waals surface area contributed by atoms with Crippen molar-refractivity contribution in [2.24, 2.45) is 0 Å². The summed E-state index contributed by atoms with van der Waals surface area (Å²) in [6.07, 6.45) is -1.35. The molecule has 1 aromatic rings. The molecule has 0 aromatic carbocycles. The summed E-state index contributed by atoms with van der Waals surface area (Å²) >= 11 is 0. The summed E-state index contributed by atoms with van der Waals surface area (Å²) in [5, 5.41) is 2.61. The zero-order valence-electron chi connectivity index (χ0n) is 9.15. The van der Waals surface area contributed by atoms with Gasteiger partial charge in [-0.3, -0.25) is 0 Å². The summed E-state index contributed by atoms with van der Waals surface area (Å²) in [7, 11) is -2.20. The Balaban J connectivity index is 2.77. The van der Waals surface area contributed by atoms with Crippen LogP contribution in [0.2, 0.25) is 0 Å². The van der Waals surface area contributed by atoms with E-state index in [2.05, 4.69) is 10.3 Å². The molecular formula is C9H13F2N3O2S. The molecule has 8 heteroatoms. The number of hydrogen-bond donors (Lipinski definition) is 2. The van der Waals surface area contributed by atoms with Gasteiger partial charge in [0.25, 0.3) is 16.4 Å². The first kappa shape index (κ1) is 13.9. The zero-order chi connectivity index (χ0) is 12.9. The summed E-state index contributed by atoms with van der Waals surface area (Å²) < 4.78 is 48.5. The molecule has 0 saturated heterocycles. The van der Waals surface area contributed by atoms with Crippen LogP contribution in [0.25, 0.3) is 0 Å². The van der Waals surface area contributed by atoms with Gasteiger partial charge in [0.15, 0.2) is 5.03 Å². The molecule has 0 aliphatic heterocycles. The Kier molecular flexibility index (Phi) is 4.91. The fraction of sp³-hybridized carbons (Fsp3) is 0.444. The molecule has 0 unspecified atom stereocenters. The van der Waals surface area contributed by atoms with Gasteiger partial charge in [0.05, 0.1) is 6.54 Å². The second kappa shape index (κ2) is 5.99. The number of nitrogens with one attached hydrogen (secondary N) is 2. The summed E-state index contributed by atoms with van der Waals surface area (Å²) in [5.74, 6) is 0. The van der Waals surface area contributed by atoms with E-state index in [1.807, 2.05) is 0 Å². The van der Waals surface area contributed by atoms with Crippen molar-refractivity contribution in [3.05, 3.63) is 23.9 Å². The molecule has 17 heavy (non-hydrogen) atoms. The van der Waals surface area contributed by atoms with Crippen LogP contribution in [0.4, 0.5) is 8.78 Å². The van der Waals surface area contributed by atoms with Crippen LogP contribution in [0.15, 0.2) is 23.4 Å². The predicted octanol–water partition coefficient (Wildman–Crippen LogP) is 0.344. The van der Waals surface area contributed by atoms with E-state index < -0.39 is 23.0 Å². The maximum absolute atomic E-state index is 11.9. The third-order valence-corrected chi connectivity index (χ3v) is 3.22. The van der Waals surface area contributed by atoms with Gasteiger partial charge >= 0.3 is 0 Å². The Morgan fingerprint density at radius 2 is 2.12 bits per heavy atom. The van der Waals surface area contributed by atoms with Gasteiger partial charge in [-0.2, -0.15) is 0 Å². The van der Waals surface area contributed by atoms with Gasteiger partial charge in [-0.1, -0.05) is 6.07 Å². The maximum Gasteiger partial charge on any atom is 0.258 e. The average molecular weight is 265 g/mol. The van der Waals surface area contributed by atoms with Crippen molar-refractivity contribution in [1.82, 2.24) is 15.0 Å². The number of sulfonamides is 1. The molecule has 0 fully saturated rings. The molecule has 0 amide bonds. The molecule has 96 valence electrons. The Bertz CT molecular complexity index is 448. The van der Waals surface area contributed by atoms with Crippen molar-refractivity contribution in [2.45, 2.75) is 18.0 Å². The third-order valence-electron chi connectivity index (χ3n) is 1.88. The monoisotopic (exact) mass is 265 g/mol. The number of alkyl halides is 2. The number of nitrogens with zero attached hydrogens (tertiary/aromatic N) is 1. The number of halogens is 2. The molecule has 2 N–H and O–H groups in total. The van der Waals surface area contributed by atoms with E-state index in [0.717, 1.165) is 5.56 Å². The minimum absolute atomic E-state index is 0.266. The van der Waals surface area contributed by atoms with Crippen molar-refractivity contribution in [3.8, 4) is 0 Å². The lowest BCUT2D eigenvalue weighted by Gasteiger charge is -2.06. The molecule has 1 heterocycles. The third kappa shape index (κ3) is 4.33. The fourth-order valence-corrected chi connectivity index (χ4v) is 2.06. The summed E-state index contributed by atoms with van der Waals surface area (Å²) in [5.41, 5.74) is 0.806. The normalized spacial score (nSPS) is 12.0. The van der Waals surface area contributed by atoms with E-state index in [9.17, 15) is 17.2 Å². The fourth-order valence-electron chi connectivity index (χ4n) is 1.13. The SMILES string of the molecule is CNCc1ccc(S(=O)(=O)NCC(F)F)nc1. The molecule has 1 rings (SSSR count). The largest absolute Gasteiger partial charge is 0.316 e. The Morgan fingerprint density at radius 1 is 1.41 bits per heavy atom. The minimum Gasteiger partial charge on any atom is -0.316 e. The van der Waals surface area contributed by atoms with E-state index in [0.29, 0.717) is 6.54 Å². The van der Waals surface area contributed by atoms with Crippen LogP contribution in [0.5, 0.6) is 0 Å². The highest BCUT2D eigenvalue weighted by Gasteiger charge is 2.17. The molecule has 0 radical (unpaired) electrons. The Hall–Kier alpha value is -1.12. The van der Waals surface area contributed by atoms with Gasteiger partial charge < -0.3 is 5.32 Å². The van der Waals surface area contributed by atoms with Crippen LogP contribution < -0.4 is 10.0 Å². The van der Waals surface area contributed by atoms with Crippen LogP contribution in [0, 0.1) is 0 Å². The minimum atomic E-state index is -3.95. The molecule has 0 aliphatic carbocycles. The van der Waals surface area contributed by atoms with Crippen LogP contribution >= 0.6 is 0 Å². The molecule has 1 aromatic heterocycles. The first-order valence-corrected chi connectivity index (χ1v) is 6.31. The van der Waals surface area contributed by atoms with E-state index in [1.165, 1.54) is 12.3 Å². The topological polar surface area (TPSA) is 71.1 Å². The number of rotatable bonds is 6. The summed E-state index contributed by atoms with van der Waals surface area (Å²) in [6.45, 7) is -0.361. The lowest BCUT2D eigenvalue weighted by atomic mass is 10.3. The molecule has 0 aliphatic rings. The van der Waals surface area contributed by atoms with E-state index in [-0.39, 0.29) is 5.03 Å². The van der Waals surface area contributed by atoms with Crippen molar-refractivity contribution >= 4 is 10.0 Å². The highest BCUT2D eigenvalue weighted by molar-refractivity contribution is 7.89. The van der Waals surface area contributed by atoms with Crippen molar-refractivity contribution in [3.63, 3.8) is 0 Å². The molecule has 0 spiro atoms. The first-order chi connectivity index (χ1) is 7.95. The summed E-state index contributed by atoms with van der Waals surface area (Å²) in [6, 6.07) is 2.85. The molecule has 0 saturated carbocycles. The number of hydrogen-bond acceptors (Lipinski definition) is 4. The van der Waals surface area contributed by atoms with E-state index in [1.54, 1.807) is 17.8 Å². The second-order valence-corrected chi connectivity index (χ2v) is 4.99. The smallest absolute Gasteiger partial charge is 0.258 e. The standard InChI is InChI=1S/C9H13F2N3O2S/c1-12-4-7-2-3-9(13-5-7)17(15,16)14-6-8(10)11/h2-3,5,8,12,14H,4,6H2,1H3. The lowest BCUT2D eigenvalue weighted by Crippen LogP contribution is -2.29. The van der Waals surface area contributed by atoms with Gasteiger partial charge in [0, 0.05) is 12.7 Å². The van der Waals surface area contributed by atoms with Crippen LogP contribution in [0.1, 0.15) is 5.56 Å². The van der Waals surface area contributed by atoms with Crippen LogP contribution in [0.3, 0.4) is 0 Å². The molecular weight excluding hydrogens is 252 g/mol. The van der Waals surface area contributed by atoms with Crippen molar-refractivity contribution in [1.29, 1.82) is 0 Å². The van der Waals surface area contributed by atoms with E-state index >= 15 is 0 Å². The zero-order valence-corrected chi connectivity index (χ0v) is 9.97. The van der Waals surface area contributed by atoms with Crippen LogP contribution in [-0.2, 0) is 16.6 Å². The quantitative estimate of drug-likeness (QED) is 0.778. The molecule has 5 nitrogen and oxygen atoms in total. The first-order valence-electron chi connectivity index (χ1n) is 4.83. The highest BCUT2D eigenvalue weighted by Crippen LogP contribution is 2.06. The highest BCUT2D eigenvalue weighted by atomic mass is 32.2. The average Bonchev–Trinajstić information content (AvgIpc) is 2.28. The maximum atomic E-state index is 11.9. The van der Waals surface area contributed by atoms with Gasteiger partial charge in [-0.25, -0.2) is 26.9 Å². The van der Waals surface area contributed by atoms with Gasteiger partial charge in [-0.05, 0) is 18.7 Å². The van der Waals surface area contributed by atoms with Crippen molar-refractivity contribution < 1.29 is 17.2 Å². The number of aromatic nitrogens is 1. The van der Waals surface area contributed by atoms with Crippen molar-refractivity contribution in [2.75, 3.05) is 13.6 Å². The lowest BCUT2D eigenvalue weighted by molar-refractivity contribution is 0.153. The van der Waals surface area contributed by atoms with E-state index in [4.69, 9.17) is 0 Å². The second-order valence-electron chi connectivity index (χ2n) is 3.28. The molecule has 0 atom stereocenters.